The molecule has 0 aromatic carbocycles. The number of nitrogens with zero attached hydrogens (tertiary/aromatic N) is 1. The van der Waals surface area contributed by atoms with Crippen LogP contribution in [0.15, 0.2) is 0 Å². The Balaban J connectivity index is 7.14. The van der Waals surface area contributed by atoms with E-state index >= 15 is 0 Å². The minimum absolute atomic E-state index is 0.248. The molecule has 0 aliphatic carbocycles. The van der Waals surface area contributed by atoms with Gasteiger partial charge in [0.1, 0.15) is 13.1 Å². The maximum absolute atomic E-state index is 14.0. The average Bonchev–Trinajstić information content (AvgIpc) is 2.64. The van der Waals surface area contributed by atoms with Gasteiger partial charge in [0.15, 0.2) is 0 Å². The fourth-order valence-corrected chi connectivity index (χ4v) is 3.41. The molecule has 0 saturated carbocycles. The van der Waals surface area contributed by atoms with Crippen molar-refractivity contribution in [3.63, 3.8) is 0 Å². The van der Waals surface area contributed by atoms with Gasteiger partial charge in [0.05, 0.1) is 0 Å². The molecule has 0 aliphatic rings. The molecule has 0 saturated heterocycles. The van der Waals surface area contributed by atoms with Gasteiger partial charge >= 0.3 is 57.0 Å². The SMILES string of the molecule is [CH2]C[N+](F)(CC)S(=O)(=O)C(F)(F)C(F)(F)C(F)(F)C(F)(F)C(F)(F)C(F)(F)C(F)(F)C(F)(F)F. The van der Waals surface area contributed by atoms with Crippen LogP contribution in [0.1, 0.15) is 6.92 Å². The zero-order chi connectivity index (χ0) is 28.4. The van der Waals surface area contributed by atoms with Gasteiger partial charge in [-0.2, -0.15) is 83.1 Å². The zero-order valence-electron chi connectivity index (χ0n) is 15.6. The van der Waals surface area contributed by atoms with Crippen molar-refractivity contribution in [3.8, 4) is 0 Å². The predicted molar refractivity (Wildman–Crippen MR) is 71.7 cm³/mol. The molecule has 34 heavy (non-hydrogen) atoms. The van der Waals surface area contributed by atoms with Crippen LogP contribution >= 0.6 is 0 Å². The van der Waals surface area contributed by atoms with E-state index in [1.807, 2.05) is 0 Å². The van der Waals surface area contributed by atoms with Crippen LogP contribution in [0.25, 0.3) is 0 Å². The molecule has 22 heteroatoms. The topological polar surface area (TPSA) is 34.1 Å². The standard InChI is InChI=1S/C12H9F18NO2S/c1-3-31(30,4-2)34(32,33)12(28,29)10(23,24)8(19,20)6(15,16)5(13,14)7(17,18)9(21,22)11(25,26)27/h1,3-4H2,2H3/q+1. The number of rotatable bonds is 10. The fourth-order valence-electron chi connectivity index (χ4n) is 1.97. The minimum atomic E-state index is -8.96. The number of sulfonamides is 1. The van der Waals surface area contributed by atoms with Crippen LogP contribution in [-0.2, 0) is 10.0 Å². The van der Waals surface area contributed by atoms with E-state index in [-0.39, 0.29) is 6.92 Å². The second kappa shape index (κ2) is 8.08. The molecular weight excluding hydrogens is 564 g/mol. The monoisotopic (exact) mass is 573 g/mol. The van der Waals surface area contributed by atoms with Crippen LogP contribution in [0.5, 0.6) is 0 Å². The number of hydrogen-bond donors (Lipinski definition) is 0. The molecule has 0 rings (SSSR count). The Hall–Kier alpha value is -1.35. The summed E-state index contributed by atoms with van der Waals surface area (Å²) in [6, 6.07) is 0. The molecule has 1 radical (unpaired) electrons. The molecule has 0 N–H and O–H groups in total. The van der Waals surface area contributed by atoms with Crippen molar-refractivity contribution in [1.29, 1.82) is 0 Å². The first-order valence-corrected chi connectivity index (χ1v) is 9.13. The largest absolute Gasteiger partial charge is 0.467 e. The molecule has 0 heterocycles. The van der Waals surface area contributed by atoms with Gasteiger partial charge in [-0.1, -0.05) is 0 Å². The first-order chi connectivity index (χ1) is 14.4. The molecule has 0 aromatic heterocycles. The van der Waals surface area contributed by atoms with Crippen LogP contribution in [0, 0.1) is 6.92 Å². The van der Waals surface area contributed by atoms with Gasteiger partial charge in [0, 0.05) is 11.4 Å². The zero-order valence-corrected chi connectivity index (χ0v) is 16.4. The summed E-state index contributed by atoms with van der Waals surface area (Å²) in [5.74, 6) is -52.3. The Morgan fingerprint density at radius 2 is 0.853 bits per heavy atom. The summed E-state index contributed by atoms with van der Waals surface area (Å²) in [4.78, 5) is 0. The van der Waals surface area contributed by atoms with Crippen LogP contribution in [0.4, 0.5) is 79.1 Å². The van der Waals surface area contributed by atoms with Crippen molar-refractivity contribution in [1.82, 2.24) is 0 Å². The highest BCUT2D eigenvalue weighted by atomic mass is 32.2. The van der Waals surface area contributed by atoms with Gasteiger partial charge in [-0.15, -0.1) is 0 Å². The van der Waals surface area contributed by atoms with Crippen LogP contribution in [-0.4, -0.2) is 72.6 Å². The summed E-state index contributed by atoms with van der Waals surface area (Å²) in [6.07, 6.45) is -7.92. The van der Waals surface area contributed by atoms with Crippen molar-refractivity contribution in [2.75, 3.05) is 13.1 Å². The Morgan fingerprint density at radius 3 is 1.09 bits per heavy atom. The second-order valence-electron chi connectivity index (χ2n) is 6.27. The van der Waals surface area contributed by atoms with Crippen LogP contribution < -0.4 is 0 Å². The molecule has 205 valence electrons. The molecule has 0 amide bonds. The Kier molecular flexibility index (Phi) is 7.76. The lowest BCUT2D eigenvalue weighted by Gasteiger charge is -2.42. The third kappa shape index (κ3) is 3.67. The molecule has 1 atom stereocenters. The Morgan fingerprint density at radius 1 is 0.588 bits per heavy atom. The summed E-state index contributed by atoms with van der Waals surface area (Å²) in [7, 11) is -7.88. The molecule has 0 aromatic rings. The summed E-state index contributed by atoms with van der Waals surface area (Å²) >= 11 is 0. The summed E-state index contributed by atoms with van der Waals surface area (Å²) in [5.41, 5.74) is 0. The number of alkyl halides is 17. The molecule has 0 aliphatic heterocycles. The van der Waals surface area contributed by atoms with Gasteiger partial charge < -0.3 is 0 Å². The third-order valence-electron chi connectivity index (χ3n) is 4.25. The summed E-state index contributed by atoms with van der Waals surface area (Å²) in [6.45, 7) is -1.42. The highest BCUT2D eigenvalue weighted by Crippen LogP contribution is 2.64. The number of quaternary nitrogens is 1. The van der Waals surface area contributed by atoms with Gasteiger partial charge in [-0.3, -0.25) is 0 Å². The lowest BCUT2D eigenvalue weighted by Crippen LogP contribution is -2.75. The smallest absolute Gasteiger partial charge is 0.192 e. The van der Waals surface area contributed by atoms with Crippen LogP contribution in [0.2, 0.25) is 0 Å². The van der Waals surface area contributed by atoms with E-state index < -0.39 is 74.2 Å². The van der Waals surface area contributed by atoms with Gasteiger partial charge in [0.25, 0.3) is 0 Å². The summed E-state index contributed by atoms with van der Waals surface area (Å²) < 4.78 is 256. The van der Waals surface area contributed by atoms with E-state index in [0.717, 1.165) is 0 Å². The number of halogens is 18. The normalized spacial score (nSPS) is 16.7. The highest BCUT2D eigenvalue weighted by Gasteiger charge is 2.97. The molecule has 3 nitrogen and oxygen atoms in total. The third-order valence-corrected chi connectivity index (χ3v) is 6.46. The van der Waals surface area contributed by atoms with Crippen molar-refractivity contribution >= 4 is 10.0 Å². The summed E-state index contributed by atoms with van der Waals surface area (Å²) in [5, 5.41) is -7.90. The Labute approximate surface area is 176 Å². The second-order valence-corrected chi connectivity index (χ2v) is 8.38. The molecule has 0 spiro atoms. The van der Waals surface area contributed by atoms with E-state index in [1.165, 1.54) is 0 Å². The van der Waals surface area contributed by atoms with Gasteiger partial charge in [-0.25, -0.2) is 0 Å². The minimum Gasteiger partial charge on any atom is -0.192 e. The van der Waals surface area contributed by atoms with Crippen molar-refractivity contribution in [2.45, 2.75) is 53.9 Å². The maximum atomic E-state index is 14.0. The fraction of sp³-hybridized carbons (Fsp3) is 0.917. The van der Waals surface area contributed by atoms with Crippen molar-refractivity contribution in [2.24, 2.45) is 0 Å². The first kappa shape index (κ1) is 32.7. The molecule has 0 fully saturated rings. The van der Waals surface area contributed by atoms with E-state index in [2.05, 4.69) is 6.92 Å². The van der Waals surface area contributed by atoms with Crippen molar-refractivity contribution < 1.29 is 91.6 Å². The quantitative estimate of drug-likeness (QED) is 0.243. The number of hydrogen-bond acceptors (Lipinski definition) is 2. The lowest BCUT2D eigenvalue weighted by atomic mass is 9.91. The van der Waals surface area contributed by atoms with E-state index in [0.29, 0.717) is 0 Å². The highest BCUT2D eigenvalue weighted by molar-refractivity contribution is 7.87. The van der Waals surface area contributed by atoms with E-state index in [4.69, 9.17) is 0 Å². The first-order valence-electron chi connectivity index (χ1n) is 7.69. The maximum Gasteiger partial charge on any atom is 0.467 e. The van der Waals surface area contributed by atoms with E-state index in [1.54, 1.807) is 0 Å². The lowest BCUT2D eigenvalue weighted by molar-refractivity contribution is -0.945. The van der Waals surface area contributed by atoms with Crippen LogP contribution in [0.3, 0.4) is 0 Å². The predicted octanol–water partition coefficient (Wildman–Crippen LogP) is 5.84. The molecular formula is C12H9F18NO2S+. The molecule has 1 unspecified atom stereocenters. The average molecular weight is 573 g/mol. The van der Waals surface area contributed by atoms with Gasteiger partial charge in [-0.05, 0) is 11.0 Å². The Bertz CT molecular complexity index is 857. The molecule has 0 bridgehead atoms. The van der Waals surface area contributed by atoms with Gasteiger partial charge in [0.2, 0.25) is 0 Å². The van der Waals surface area contributed by atoms with Crippen molar-refractivity contribution in [3.05, 3.63) is 6.92 Å². The van der Waals surface area contributed by atoms with E-state index in [9.17, 15) is 87.5 Å².